The van der Waals surface area contributed by atoms with Gasteiger partial charge in [0.2, 0.25) is 11.7 Å². The molecule has 3 heterocycles. The average molecular weight is 361 g/mol. The lowest BCUT2D eigenvalue weighted by molar-refractivity contribution is 0.385. The summed E-state index contributed by atoms with van der Waals surface area (Å²) in [6.45, 7) is 0. The number of pyridine rings is 1. The second-order valence-electron chi connectivity index (χ2n) is 5.40. The first-order valence-electron chi connectivity index (χ1n) is 7.65. The van der Waals surface area contributed by atoms with E-state index in [0.29, 0.717) is 34.4 Å². The first-order valence-corrected chi connectivity index (χ1v) is 8.53. The van der Waals surface area contributed by atoms with Gasteiger partial charge in [0.05, 0.1) is 17.7 Å². The third-order valence-corrected chi connectivity index (χ3v) is 4.48. The van der Waals surface area contributed by atoms with Crippen LogP contribution in [0.25, 0.3) is 22.1 Å². The van der Waals surface area contributed by atoms with E-state index in [1.165, 1.54) is 23.6 Å². The van der Waals surface area contributed by atoms with Gasteiger partial charge in [-0.25, -0.2) is 9.97 Å². The van der Waals surface area contributed by atoms with Crippen molar-refractivity contribution in [2.24, 2.45) is 0 Å². The Morgan fingerprint density at radius 2 is 2.04 bits per heavy atom. The third kappa shape index (κ3) is 3.16. The molecule has 26 heavy (non-hydrogen) atoms. The SMILES string of the molecule is N#Cc1cnc(-c2nc(Cc3nc(-c4ccccc4)no3)cs2)c(O)c1. The van der Waals surface area contributed by atoms with Gasteiger partial charge in [-0.05, 0) is 0 Å². The zero-order valence-corrected chi connectivity index (χ0v) is 14.1. The number of rotatable bonds is 4. The van der Waals surface area contributed by atoms with E-state index in [1.807, 2.05) is 41.8 Å². The van der Waals surface area contributed by atoms with Gasteiger partial charge in [-0.1, -0.05) is 35.5 Å². The molecule has 0 aliphatic heterocycles. The fourth-order valence-electron chi connectivity index (χ4n) is 2.36. The van der Waals surface area contributed by atoms with Crippen molar-refractivity contribution in [1.82, 2.24) is 20.1 Å². The molecule has 0 bridgehead atoms. The maximum absolute atomic E-state index is 10.0. The first kappa shape index (κ1) is 15.9. The number of hydrogen-bond donors (Lipinski definition) is 1. The zero-order chi connectivity index (χ0) is 17.9. The molecular weight excluding hydrogens is 350 g/mol. The van der Waals surface area contributed by atoms with Crippen LogP contribution in [0, 0.1) is 11.3 Å². The summed E-state index contributed by atoms with van der Waals surface area (Å²) in [5.74, 6) is 0.911. The van der Waals surface area contributed by atoms with E-state index >= 15 is 0 Å². The van der Waals surface area contributed by atoms with Crippen LogP contribution in [-0.4, -0.2) is 25.2 Å². The Morgan fingerprint density at radius 1 is 1.19 bits per heavy atom. The predicted octanol–water partition coefficient (Wildman–Crippen LogP) is 3.42. The minimum absolute atomic E-state index is 0.0749. The summed E-state index contributed by atoms with van der Waals surface area (Å²) < 4.78 is 5.29. The van der Waals surface area contributed by atoms with E-state index in [4.69, 9.17) is 9.78 Å². The van der Waals surface area contributed by atoms with Gasteiger partial charge in [0, 0.05) is 23.2 Å². The molecule has 4 rings (SSSR count). The van der Waals surface area contributed by atoms with Crippen LogP contribution >= 0.6 is 11.3 Å². The second kappa shape index (κ2) is 6.74. The number of benzene rings is 1. The van der Waals surface area contributed by atoms with Gasteiger partial charge < -0.3 is 9.63 Å². The van der Waals surface area contributed by atoms with Gasteiger partial charge in [0.15, 0.2) is 0 Å². The number of nitrogens with zero attached hydrogens (tertiary/aromatic N) is 5. The molecule has 126 valence electrons. The Labute approximate surface area is 152 Å². The molecule has 0 radical (unpaired) electrons. The lowest BCUT2D eigenvalue weighted by Crippen LogP contribution is -1.90. The van der Waals surface area contributed by atoms with E-state index in [0.717, 1.165) is 11.3 Å². The lowest BCUT2D eigenvalue weighted by Gasteiger charge is -1.99. The second-order valence-corrected chi connectivity index (χ2v) is 6.26. The van der Waals surface area contributed by atoms with Crippen molar-refractivity contribution in [2.75, 3.05) is 0 Å². The standard InChI is InChI=1S/C18H11N5O2S/c19-8-11-6-14(24)16(20-9-11)18-21-13(10-26-18)7-15-22-17(23-25-15)12-4-2-1-3-5-12/h1-6,9-10,24H,7H2. The van der Waals surface area contributed by atoms with E-state index in [9.17, 15) is 5.11 Å². The summed E-state index contributed by atoms with van der Waals surface area (Å²) >= 11 is 1.35. The molecule has 7 nitrogen and oxygen atoms in total. The van der Waals surface area contributed by atoms with E-state index in [-0.39, 0.29) is 5.75 Å². The summed E-state index contributed by atoms with van der Waals surface area (Å²) in [6.07, 6.45) is 1.79. The van der Waals surface area contributed by atoms with Gasteiger partial charge in [-0.15, -0.1) is 11.3 Å². The Hall–Kier alpha value is -3.57. The van der Waals surface area contributed by atoms with Crippen molar-refractivity contribution < 1.29 is 9.63 Å². The number of hydrogen-bond acceptors (Lipinski definition) is 8. The molecule has 3 aromatic heterocycles. The fraction of sp³-hybridized carbons (Fsp3) is 0.0556. The van der Waals surface area contributed by atoms with E-state index in [1.54, 1.807) is 0 Å². The third-order valence-electron chi connectivity index (χ3n) is 3.58. The Morgan fingerprint density at radius 3 is 2.81 bits per heavy atom. The van der Waals surface area contributed by atoms with Gasteiger partial charge in [-0.2, -0.15) is 10.2 Å². The minimum Gasteiger partial charge on any atom is -0.506 e. The quantitative estimate of drug-likeness (QED) is 0.593. The highest BCUT2D eigenvalue weighted by molar-refractivity contribution is 7.13. The number of aromatic hydroxyl groups is 1. The van der Waals surface area contributed by atoms with Crippen LogP contribution in [0.2, 0.25) is 0 Å². The molecule has 0 saturated carbocycles. The smallest absolute Gasteiger partial charge is 0.233 e. The van der Waals surface area contributed by atoms with E-state index < -0.39 is 0 Å². The summed E-state index contributed by atoms with van der Waals surface area (Å²) in [5, 5.41) is 25.3. The molecule has 1 aromatic carbocycles. The Kier molecular flexibility index (Phi) is 4.13. The maximum Gasteiger partial charge on any atom is 0.233 e. The lowest BCUT2D eigenvalue weighted by atomic mass is 10.2. The fourth-order valence-corrected chi connectivity index (χ4v) is 3.18. The molecular formula is C18H11N5O2S. The highest BCUT2D eigenvalue weighted by atomic mass is 32.1. The van der Waals surface area contributed by atoms with Gasteiger partial charge in [-0.3, -0.25) is 0 Å². The molecule has 0 aliphatic rings. The summed E-state index contributed by atoms with van der Waals surface area (Å²) in [7, 11) is 0. The van der Waals surface area contributed by atoms with Crippen LogP contribution in [0.5, 0.6) is 5.75 Å². The summed E-state index contributed by atoms with van der Waals surface area (Å²) in [5.41, 5.74) is 2.25. The van der Waals surface area contributed by atoms with Gasteiger partial charge in [0.1, 0.15) is 22.5 Å². The van der Waals surface area contributed by atoms with Crippen molar-refractivity contribution in [3.05, 3.63) is 65.1 Å². The molecule has 4 aromatic rings. The topological polar surface area (TPSA) is 109 Å². The molecule has 0 amide bonds. The van der Waals surface area contributed by atoms with Gasteiger partial charge in [0.25, 0.3) is 0 Å². The summed E-state index contributed by atoms with van der Waals surface area (Å²) in [6, 6.07) is 12.9. The largest absolute Gasteiger partial charge is 0.506 e. The summed E-state index contributed by atoms with van der Waals surface area (Å²) in [4.78, 5) is 13.0. The normalized spacial score (nSPS) is 10.6. The van der Waals surface area contributed by atoms with Crippen LogP contribution < -0.4 is 0 Å². The molecule has 0 atom stereocenters. The molecule has 0 saturated heterocycles. The van der Waals surface area contributed by atoms with E-state index in [2.05, 4.69) is 20.1 Å². The molecule has 0 spiro atoms. The predicted molar refractivity (Wildman–Crippen MR) is 94.3 cm³/mol. The highest BCUT2D eigenvalue weighted by Gasteiger charge is 2.14. The molecule has 1 N–H and O–H groups in total. The van der Waals surface area contributed by atoms with Crippen molar-refractivity contribution in [1.29, 1.82) is 5.26 Å². The average Bonchev–Trinajstić information content (AvgIpc) is 3.32. The maximum atomic E-state index is 10.0. The van der Waals surface area contributed by atoms with Crippen molar-refractivity contribution in [2.45, 2.75) is 6.42 Å². The minimum atomic E-state index is -0.0749. The van der Waals surface area contributed by atoms with Crippen molar-refractivity contribution in [3.63, 3.8) is 0 Å². The highest BCUT2D eigenvalue weighted by Crippen LogP contribution is 2.30. The number of thiazole rings is 1. The molecule has 0 unspecified atom stereocenters. The zero-order valence-electron chi connectivity index (χ0n) is 13.3. The Balaban J connectivity index is 1.54. The van der Waals surface area contributed by atoms with Crippen molar-refractivity contribution >= 4 is 11.3 Å². The monoisotopic (exact) mass is 361 g/mol. The van der Waals surface area contributed by atoms with Crippen LogP contribution in [0.3, 0.4) is 0 Å². The molecule has 0 aliphatic carbocycles. The molecule has 8 heteroatoms. The van der Waals surface area contributed by atoms with Crippen molar-refractivity contribution in [3.8, 4) is 33.9 Å². The Bertz CT molecular complexity index is 1100. The molecule has 0 fully saturated rings. The van der Waals surface area contributed by atoms with Crippen LogP contribution in [0.1, 0.15) is 17.1 Å². The number of nitriles is 1. The number of aromatic nitrogens is 4. The van der Waals surface area contributed by atoms with Crippen LogP contribution in [-0.2, 0) is 6.42 Å². The first-order chi connectivity index (χ1) is 12.7. The van der Waals surface area contributed by atoms with Crippen LogP contribution in [0.15, 0.2) is 52.5 Å². The van der Waals surface area contributed by atoms with Crippen LogP contribution in [0.4, 0.5) is 0 Å². The van der Waals surface area contributed by atoms with Gasteiger partial charge >= 0.3 is 0 Å².